The third kappa shape index (κ3) is 3.45. The molecule has 0 fully saturated rings. The highest BCUT2D eigenvalue weighted by atomic mass is 16.5. The molecule has 124 valence electrons. The van der Waals surface area contributed by atoms with Gasteiger partial charge in [0.25, 0.3) is 0 Å². The van der Waals surface area contributed by atoms with E-state index in [4.69, 9.17) is 4.74 Å². The molecule has 2 aliphatic rings. The van der Waals surface area contributed by atoms with Gasteiger partial charge in [0.05, 0.1) is 12.0 Å². The molecule has 0 heterocycles. The van der Waals surface area contributed by atoms with Crippen molar-refractivity contribution >= 4 is 5.97 Å². The Kier molecular flexibility index (Phi) is 5.49. The first-order valence-electron chi connectivity index (χ1n) is 8.63. The highest BCUT2D eigenvalue weighted by Crippen LogP contribution is 2.44. The maximum atomic E-state index is 12.2. The van der Waals surface area contributed by atoms with E-state index in [-0.39, 0.29) is 23.9 Å². The molecule has 0 aromatic heterocycles. The molecule has 0 spiro atoms. The van der Waals surface area contributed by atoms with Crippen molar-refractivity contribution in [3.05, 3.63) is 23.8 Å². The van der Waals surface area contributed by atoms with Crippen LogP contribution < -0.4 is 0 Å². The van der Waals surface area contributed by atoms with Gasteiger partial charge in [-0.1, -0.05) is 52.8 Å². The molecule has 0 saturated carbocycles. The van der Waals surface area contributed by atoms with Crippen molar-refractivity contribution in [1.82, 2.24) is 0 Å². The van der Waals surface area contributed by atoms with Gasteiger partial charge in [-0.25, -0.2) is 0 Å². The van der Waals surface area contributed by atoms with Crippen molar-refractivity contribution in [3.8, 4) is 0 Å². The van der Waals surface area contributed by atoms with Gasteiger partial charge in [0.1, 0.15) is 6.10 Å². The minimum Gasteiger partial charge on any atom is -0.461 e. The molecular weight excluding hydrogens is 276 g/mol. The summed E-state index contributed by atoms with van der Waals surface area (Å²) in [5.74, 6) is 1.40. The molecule has 0 bridgehead atoms. The summed E-state index contributed by atoms with van der Waals surface area (Å²) in [6.45, 7) is 10.6. The fraction of sp³-hybridized carbons (Fsp3) is 0.737. The Hall–Kier alpha value is -1.09. The Bertz CT molecular complexity index is 463. The standard InChI is InChI=1S/C19H30O3/c1-6-12(4)19(21)22-16-10-15(20)9-14-8-7-13(5)17(11(2)3)18(14)16/h7-9,11-13,15-18,20H,6,10H2,1-5H3/t12-,13?,15?,16-,17?,18?/m0/s1. The van der Waals surface area contributed by atoms with Crippen LogP contribution in [0.4, 0.5) is 0 Å². The lowest BCUT2D eigenvalue weighted by atomic mass is 9.64. The average molecular weight is 306 g/mol. The summed E-state index contributed by atoms with van der Waals surface area (Å²) >= 11 is 0. The van der Waals surface area contributed by atoms with Gasteiger partial charge in [-0.05, 0) is 29.7 Å². The van der Waals surface area contributed by atoms with Gasteiger partial charge in [-0.15, -0.1) is 0 Å². The maximum Gasteiger partial charge on any atom is 0.308 e. The lowest BCUT2D eigenvalue weighted by molar-refractivity contribution is -0.159. The van der Waals surface area contributed by atoms with Crippen molar-refractivity contribution in [2.24, 2.45) is 29.6 Å². The van der Waals surface area contributed by atoms with Crippen LogP contribution in [0.15, 0.2) is 23.8 Å². The Morgan fingerprint density at radius 1 is 1.41 bits per heavy atom. The molecule has 2 rings (SSSR count). The summed E-state index contributed by atoms with van der Waals surface area (Å²) in [6, 6.07) is 0. The largest absolute Gasteiger partial charge is 0.461 e. The number of fused-ring (bicyclic) bond motifs is 1. The van der Waals surface area contributed by atoms with E-state index in [1.165, 1.54) is 0 Å². The molecule has 4 unspecified atom stereocenters. The number of allylic oxidation sites excluding steroid dienone is 2. The third-order valence-electron chi connectivity index (χ3n) is 5.31. The smallest absolute Gasteiger partial charge is 0.308 e. The molecule has 3 nitrogen and oxygen atoms in total. The normalized spacial score (nSPS) is 35.8. The predicted molar refractivity (Wildman–Crippen MR) is 88.2 cm³/mol. The van der Waals surface area contributed by atoms with Crippen LogP contribution in [0.3, 0.4) is 0 Å². The number of hydrogen-bond donors (Lipinski definition) is 1. The number of aliphatic hydroxyl groups is 1. The quantitative estimate of drug-likeness (QED) is 0.805. The van der Waals surface area contributed by atoms with Crippen molar-refractivity contribution < 1.29 is 14.6 Å². The number of carbonyl (C=O) groups excluding carboxylic acids is 1. The highest BCUT2D eigenvalue weighted by molar-refractivity contribution is 5.72. The first-order valence-corrected chi connectivity index (χ1v) is 8.63. The molecule has 0 saturated heterocycles. The zero-order valence-electron chi connectivity index (χ0n) is 14.5. The van der Waals surface area contributed by atoms with Crippen molar-refractivity contribution in [3.63, 3.8) is 0 Å². The SMILES string of the molecule is CC[C@H](C)C(=O)O[C@H]1CC(O)C=C2C=CC(C)C(C(C)C)C21. The molecule has 3 heteroatoms. The number of carbonyl (C=O) groups is 1. The first-order chi connectivity index (χ1) is 10.3. The summed E-state index contributed by atoms with van der Waals surface area (Å²) in [5, 5.41) is 10.1. The minimum absolute atomic E-state index is 0.0828. The van der Waals surface area contributed by atoms with Crippen LogP contribution in [-0.2, 0) is 9.53 Å². The minimum atomic E-state index is -0.521. The van der Waals surface area contributed by atoms with Gasteiger partial charge < -0.3 is 9.84 Å². The monoisotopic (exact) mass is 306 g/mol. The Balaban J connectivity index is 2.28. The van der Waals surface area contributed by atoms with Crippen LogP contribution in [0, 0.1) is 29.6 Å². The van der Waals surface area contributed by atoms with E-state index >= 15 is 0 Å². The summed E-state index contributed by atoms with van der Waals surface area (Å²) < 4.78 is 5.84. The van der Waals surface area contributed by atoms with Crippen LogP contribution >= 0.6 is 0 Å². The van der Waals surface area contributed by atoms with Gasteiger partial charge in [-0.2, -0.15) is 0 Å². The Labute approximate surface area is 134 Å². The van der Waals surface area contributed by atoms with Crippen molar-refractivity contribution in [2.75, 3.05) is 0 Å². The van der Waals surface area contributed by atoms with E-state index < -0.39 is 6.10 Å². The second-order valence-corrected chi connectivity index (χ2v) is 7.32. The number of ether oxygens (including phenoxy) is 1. The second kappa shape index (κ2) is 6.99. The molecule has 0 aliphatic heterocycles. The topological polar surface area (TPSA) is 46.5 Å². The van der Waals surface area contributed by atoms with E-state index in [0.29, 0.717) is 24.2 Å². The maximum absolute atomic E-state index is 12.2. The zero-order valence-corrected chi connectivity index (χ0v) is 14.5. The van der Waals surface area contributed by atoms with Gasteiger partial charge >= 0.3 is 5.97 Å². The average Bonchev–Trinajstić information content (AvgIpc) is 2.46. The number of aliphatic hydroxyl groups excluding tert-OH is 1. The molecule has 22 heavy (non-hydrogen) atoms. The van der Waals surface area contributed by atoms with Gasteiger partial charge in [0.15, 0.2) is 0 Å². The first kappa shape index (κ1) is 17.3. The molecule has 0 aromatic rings. The molecular formula is C19H30O3. The molecule has 0 amide bonds. The summed E-state index contributed by atoms with van der Waals surface area (Å²) in [4.78, 5) is 12.2. The lowest BCUT2D eigenvalue weighted by Gasteiger charge is -2.44. The van der Waals surface area contributed by atoms with Crippen LogP contribution in [0.25, 0.3) is 0 Å². The summed E-state index contributed by atoms with van der Waals surface area (Å²) in [7, 11) is 0. The van der Waals surface area contributed by atoms with E-state index in [1.807, 2.05) is 19.9 Å². The van der Waals surface area contributed by atoms with E-state index in [0.717, 1.165) is 12.0 Å². The molecule has 0 radical (unpaired) electrons. The molecule has 2 aliphatic carbocycles. The fourth-order valence-corrected chi connectivity index (χ4v) is 3.93. The van der Waals surface area contributed by atoms with Crippen molar-refractivity contribution in [1.29, 1.82) is 0 Å². The third-order valence-corrected chi connectivity index (χ3v) is 5.31. The number of rotatable bonds is 4. The lowest BCUT2D eigenvalue weighted by Crippen LogP contribution is -2.44. The predicted octanol–water partition coefficient (Wildman–Crippen LogP) is 3.73. The van der Waals surface area contributed by atoms with Gasteiger partial charge in [-0.3, -0.25) is 4.79 Å². The fourth-order valence-electron chi connectivity index (χ4n) is 3.93. The van der Waals surface area contributed by atoms with Crippen molar-refractivity contribution in [2.45, 2.75) is 59.7 Å². The zero-order chi connectivity index (χ0) is 16.4. The van der Waals surface area contributed by atoms with Crippen LogP contribution in [0.1, 0.15) is 47.5 Å². The van der Waals surface area contributed by atoms with Crippen LogP contribution in [-0.4, -0.2) is 23.3 Å². The molecule has 0 aromatic carbocycles. The van der Waals surface area contributed by atoms with Gasteiger partial charge in [0, 0.05) is 12.3 Å². The second-order valence-electron chi connectivity index (χ2n) is 7.32. The van der Waals surface area contributed by atoms with Gasteiger partial charge in [0.2, 0.25) is 0 Å². The summed E-state index contributed by atoms with van der Waals surface area (Å²) in [6.07, 6.45) is 6.84. The summed E-state index contributed by atoms with van der Waals surface area (Å²) in [5.41, 5.74) is 1.14. The Morgan fingerprint density at radius 2 is 2.09 bits per heavy atom. The molecule has 6 atom stereocenters. The Morgan fingerprint density at radius 3 is 2.68 bits per heavy atom. The van der Waals surface area contributed by atoms with E-state index in [1.54, 1.807) is 0 Å². The number of hydrogen-bond acceptors (Lipinski definition) is 3. The number of esters is 1. The molecule has 1 N–H and O–H groups in total. The van der Waals surface area contributed by atoms with Crippen LogP contribution in [0.2, 0.25) is 0 Å². The highest BCUT2D eigenvalue weighted by Gasteiger charge is 2.43. The van der Waals surface area contributed by atoms with E-state index in [2.05, 4.69) is 32.9 Å². The van der Waals surface area contributed by atoms with E-state index in [9.17, 15) is 9.90 Å². The van der Waals surface area contributed by atoms with Crippen LogP contribution in [0.5, 0.6) is 0 Å².